The Morgan fingerprint density at radius 2 is 1.86 bits per heavy atom. The fourth-order valence-corrected chi connectivity index (χ4v) is 3.44. The van der Waals surface area contributed by atoms with E-state index in [0.29, 0.717) is 26.2 Å². The molecule has 1 N–H and O–H groups in total. The zero-order valence-corrected chi connectivity index (χ0v) is 17.4. The van der Waals surface area contributed by atoms with Crippen LogP contribution in [0.2, 0.25) is 0 Å². The number of amides is 1. The molecule has 0 saturated carbocycles. The van der Waals surface area contributed by atoms with Gasteiger partial charge in [-0.15, -0.1) is 0 Å². The number of carbonyl (C=O) groups excluding carboxylic acids is 2. The van der Waals surface area contributed by atoms with Gasteiger partial charge in [-0.05, 0) is 57.1 Å². The maximum Gasteiger partial charge on any atom is 0.308 e. The van der Waals surface area contributed by atoms with E-state index in [1.54, 1.807) is 18.2 Å². The number of hydrogen-bond acceptors (Lipinski definition) is 5. The van der Waals surface area contributed by atoms with Gasteiger partial charge in [0.25, 0.3) is 5.91 Å². The lowest BCUT2D eigenvalue weighted by molar-refractivity contribution is -0.132. The summed E-state index contributed by atoms with van der Waals surface area (Å²) in [5.41, 5.74) is 3.78. The summed E-state index contributed by atoms with van der Waals surface area (Å²) in [4.78, 5) is 23.7. The van der Waals surface area contributed by atoms with Gasteiger partial charge in [0, 0.05) is 12.5 Å². The molecule has 1 amide bonds. The van der Waals surface area contributed by atoms with Gasteiger partial charge in [0.05, 0.1) is 16.9 Å². The largest absolute Gasteiger partial charge is 0.493 e. The van der Waals surface area contributed by atoms with Crippen LogP contribution in [0, 0.1) is 3.57 Å². The minimum Gasteiger partial charge on any atom is -0.493 e. The van der Waals surface area contributed by atoms with E-state index in [9.17, 15) is 9.59 Å². The standard InChI is InChI=1S/C21H17IN2O4/c1-13(25)28-20-18(22)10-14(11-19(20)27-2)12-23-24-21(26)17-9-5-7-15-6-3-4-8-16(15)17/h3-12H,1-2H3,(H,24,26)/b23-12-. The number of benzene rings is 3. The lowest BCUT2D eigenvalue weighted by atomic mass is 10.0. The number of rotatable bonds is 5. The van der Waals surface area contributed by atoms with E-state index in [-0.39, 0.29) is 5.91 Å². The molecule has 0 spiro atoms. The van der Waals surface area contributed by atoms with E-state index in [4.69, 9.17) is 9.47 Å². The molecule has 0 aliphatic rings. The maximum absolute atomic E-state index is 12.5. The Kier molecular flexibility index (Phi) is 6.25. The summed E-state index contributed by atoms with van der Waals surface area (Å²) in [6, 6.07) is 16.7. The number of methoxy groups -OCH3 is 1. The zero-order valence-electron chi connectivity index (χ0n) is 15.2. The fraction of sp³-hybridized carbons (Fsp3) is 0.0952. The second kappa shape index (κ2) is 8.83. The van der Waals surface area contributed by atoms with Crippen molar-refractivity contribution < 1.29 is 19.1 Å². The Hall–Kier alpha value is -2.94. The van der Waals surface area contributed by atoms with Crippen molar-refractivity contribution in [3.63, 3.8) is 0 Å². The number of hydrogen-bond donors (Lipinski definition) is 1. The maximum atomic E-state index is 12.5. The number of nitrogens with one attached hydrogen (secondary N) is 1. The molecule has 0 saturated heterocycles. The first kappa shape index (κ1) is 19.8. The van der Waals surface area contributed by atoms with E-state index in [0.717, 1.165) is 10.8 Å². The molecule has 0 radical (unpaired) electrons. The van der Waals surface area contributed by atoms with Crippen molar-refractivity contribution >= 4 is 51.5 Å². The predicted molar refractivity (Wildman–Crippen MR) is 116 cm³/mol. The highest BCUT2D eigenvalue weighted by atomic mass is 127. The van der Waals surface area contributed by atoms with Crippen LogP contribution in [0.1, 0.15) is 22.8 Å². The normalized spacial score (nSPS) is 10.8. The van der Waals surface area contributed by atoms with Gasteiger partial charge in [0.15, 0.2) is 11.5 Å². The van der Waals surface area contributed by atoms with Crippen molar-refractivity contribution in [1.29, 1.82) is 0 Å². The van der Waals surface area contributed by atoms with Crippen molar-refractivity contribution in [1.82, 2.24) is 5.43 Å². The summed E-state index contributed by atoms with van der Waals surface area (Å²) >= 11 is 2.05. The minimum absolute atomic E-state index is 0.300. The average Bonchev–Trinajstić information content (AvgIpc) is 2.69. The number of esters is 1. The van der Waals surface area contributed by atoms with Crippen LogP contribution in [-0.2, 0) is 4.79 Å². The highest BCUT2D eigenvalue weighted by Crippen LogP contribution is 2.33. The smallest absolute Gasteiger partial charge is 0.308 e. The molecule has 3 rings (SSSR count). The zero-order chi connectivity index (χ0) is 20.1. The molecule has 0 aliphatic carbocycles. The van der Waals surface area contributed by atoms with Gasteiger partial charge in [0.1, 0.15) is 0 Å². The summed E-state index contributed by atoms with van der Waals surface area (Å²) < 4.78 is 11.1. The Labute approximate surface area is 175 Å². The van der Waals surface area contributed by atoms with Gasteiger partial charge >= 0.3 is 5.97 Å². The van der Waals surface area contributed by atoms with E-state index in [2.05, 4.69) is 10.5 Å². The van der Waals surface area contributed by atoms with Crippen molar-refractivity contribution in [2.75, 3.05) is 7.11 Å². The Morgan fingerprint density at radius 1 is 1.11 bits per heavy atom. The van der Waals surface area contributed by atoms with E-state index < -0.39 is 5.97 Å². The van der Waals surface area contributed by atoms with Gasteiger partial charge < -0.3 is 9.47 Å². The molecule has 0 atom stereocenters. The van der Waals surface area contributed by atoms with Crippen LogP contribution in [0.3, 0.4) is 0 Å². The van der Waals surface area contributed by atoms with Crippen molar-refractivity contribution in [3.05, 3.63) is 69.3 Å². The summed E-state index contributed by atoms with van der Waals surface area (Å²) in [5.74, 6) is 0.0303. The lowest BCUT2D eigenvalue weighted by Crippen LogP contribution is -2.18. The highest BCUT2D eigenvalue weighted by Gasteiger charge is 2.13. The van der Waals surface area contributed by atoms with E-state index in [1.807, 2.05) is 59.0 Å². The molecule has 0 aromatic heterocycles. The summed E-state index contributed by atoms with van der Waals surface area (Å²) in [7, 11) is 1.49. The van der Waals surface area contributed by atoms with Crippen LogP contribution in [0.25, 0.3) is 10.8 Å². The molecule has 0 bridgehead atoms. The Balaban J connectivity index is 1.79. The topological polar surface area (TPSA) is 77.0 Å². The minimum atomic E-state index is -0.431. The van der Waals surface area contributed by atoms with E-state index in [1.165, 1.54) is 20.2 Å². The molecular formula is C21H17IN2O4. The first-order valence-electron chi connectivity index (χ1n) is 8.36. The molecule has 0 unspecified atom stereocenters. The summed E-state index contributed by atoms with van der Waals surface area (Å²) in [5, 5.41) is 5.89. The second-order valence-electron chi connectivity index (χ2n) is 5.85. The van der Waals surface area contributed by atoms with Crippen LogP contribution in [0.4, 0.5) is 0 Å². The highest BCUT2D eigenvalue weighted by molar-refractivity contribution is 14.1. The van der Waals surface area contributed by atoms with E-state index >= 15 is 0 Å². The number of halogens is 1. The molecular weight excluding hydrogens is 471 g/mol. The van der Waals surface area contributed by atoms with Gasteiger partial charge in [-0.2, -0.15) is 5.10 Å². The number of carbonyl (C=O) groups is 2. The Morgan fingerprint density at radius 3 is 2.61 bits per heavy atom. The number of fused-ring (bicyclic) bond motifs is 1. The molecule has 28 heavy (non-hydrogen) atoms. The van der Waals surface area contributed by atoms with Crippen LogP contribution >= 0.6 is 22.6 Å². The third kappa shape index (κ3) is 4.48. The summed E-state index contributed by atoms with van der Waals surface area (Å²) in [6.45, 7) is 1.33. The molecule has 7 heteroatoms. The Bertz CT molecular complexity index is 1070. The van der Waals surface area contributed by atoms with Crippen molar-refractivity contribution in [2.24, 2.45) is 5.10 Å². The molecule has 0 aliphatic heterocycles. The molecule has 3 aromatic carbocycles. The number of ether oxygens (including phenoxy) is 2. The van der Waals surface area contributed by atoms with Gasteiger partial charge in [-0.25, -0.2) is 5.43 Å². The first-order valence-corrected chi connectivity index (χ1v) is 9.44. The molecule has 3 aromatic rings. The lowest BCUT2D eigenvalue weighted by Gasteiger charge is -2.11. The molecule has 142 valence electrons. The van der Waals surface area contributed by atoms with Crippen molar-refractivity contribution in [3.8, 4) is 11.5 Å². The molecule has 0 fully saturated rings. The fourth-order valence-electron chi connectivity index (χ4n) is 2.71. The summed E-state index contributed by atoms with van der Waals surface area (Å²) in [6.07, 6.45) is 1.51. The third-order valence-corrected chi connectivity index (χ3v) is 4.71. The number of hydrazone groups is 1. The monoisotopic (exact) mass is 488 g/mol. The molecule has 0 heterocycles. The van der Waals surface area contributed by atoms with Crippen molar-refractivity contribution in [2.45, 2.75) is 6.92 Å². The van der Waals surface area contributed by atoms with Gasteiger partial charge in [-0.3, -0.25) is 9.59 Å². The predicted octanol–water partition coefficient (Wildman–Crippen LogP) is 4.14. The number of nitrogens with zero attached hydrogens (tertiary/aromatic N) is 1. The van der Waals surface area contributed by atoms with Crippen LogP contribution in [-0.4, -0.2) is 25.2 Å². The van der Waals surface area contributed by atoms with Gasteiger partial charge in [0.2, 0.25) is 0 Å². The third-order valence-electron chi connectivity index (χ3n) is 3.91. The first-order chi connectivity index (χ1) is 13.5. The quantitative estimate of drug-likeness (QED) is 0.193. The van der Waals surface area contributed by atoms with Crippen LogP contribution in [0.5, 0.6) is 11.5 Å². The van der Waals surface area contributed by atoms with Gasteiger partial charge in [-0.1, -0.05) is 36.4 Å². The average molecular weight is 488 g/mol. The van der Waals surface area contributed by atoms with Crippen LogP contribution < -0.4 is 14.9 Å². The SMILES string of the molecule is COc1cc(/C=N\NC(=O)c2cccc3ccccc23)cc(I)c1OC(C)=O. The van der Waals surface area contributed by atoms with Crippen LogP contribution in [0.15, 0.2) is 59.7 Å². The molecule has 6 nitrogen and oxygen atoms in total. The second-order valence-corrected chi connectivity index (χ2v) is 7.02.